The van der Waals surface area contributed by atoms with Crippen molar-refractivity contribution < 1.29 is 0 Å². The van der Waals surface area contributed by atoms with Crippen molar-refractivity contribution in [1.29, 1.82) is 0 Å². The lowest BCUT2D eigenvalue weighted by Crippen LogP contribution is -2.33. The summed E-state index contributed by atoms with van der Waals surface area (Å²) in [7, 11) is 0. The van der Waals surface area contributed by atoms with Gasteiger partial charge in [-0.2, -0.15) is 0 Å². The molecule has 0 aliphatic carbocycles. The first-order chi connectivity index (χ1) is 10.7. The van der Waals surface area contributed by atoms with Crippen molar-refractivity contribution in [2.75, 3.05) is 52.4 Å². The second-order valence-corrected chi connectivity index (χ2v) is 5.52. The summed E-state index contributed by atoms with van der Waals surface area (Å²) in [4.78, 5) is 4.56. The minimum absolute atomic E-state index is 0.658. The molecule has 1 rings (SSSR count). The molecule has 1 aromatic carbocycles. The van der Waals surface area contributed by atoms with Crippen LogP contribution in [0.5, 0.6) is 0 Å². The fraction of sp³-hybridized carbons (Fsp3) is 0.625. The molecule has 0 aromatic heterocycles. The molecular weight excluding hydrogens is 276 g/mol. The van der Waals surface area contributed by atoms with Gasteiger partial charge >= 0.3 is 0 Å². The van der Waals surface area contributed by atoms with Gasteiger partial charge in [-0.1, -0.05) is 24.3 Å². The van der Waals surface area contributed by atoms with E-state index in [0.29, 0.717) is 26.2 Å². The molecule has 1 aromatic rings. The van der Waals surface area contributed by atoms with Gasteiger partial charge in [0.2, 0.25) is 0 Å². The van der Waals surface area contributed by atoms with E-state index in [9.17, 15) is 0 Å². The standard InChI is InChI=1S/C16H32N6/c17-5-9-21(10-6-18)13-15-1-2-16(4-3-15)14-22(11-7-19)12-8-20/h1-4H,5-14,17-20H2. The quantitative estimate of drug-likeness (QED) is 0.399. The highest BCUT2D eigenvalue weighted by Gasteiger charge is 2.06. The zero-order chi connectivity index (χ0) is 16.2. The lowest BCUT2D eigenvalue weighted by Gasteiger charge is -2.22. The minimum atomic E-state index is 0.658. The van der Waals surface area contributed by atoms with Gasteiger partial charge in [0.25, 0.3) is 0 Å². The molecule has 0 bridgehead atoms. The van der Waals surface area contributed by atoms with Crippen LogP contribution >= 0.6 is 0 Å². The predicted molar refractivity (Wildman–Crippen MR) is 93.2 cm³/mol. The van der Waals surface area contributed by atoms with E-state index in [4.69, 9.17) is 22.9 Å². The molecular formula is C16H32N6. The predicted octanol–water partition coefficient (Wildman–Crippen LogP) is -0.875. The van der Waals surface area contributed by atoms with Crippen molar-refractivity contribution in [3.8, 4) is 0 Å². The summed E-state index contributed by atoms with van der Waals surface area (Å²) >= 11 is 0. The third-order valence-electron chi connectivity index (χ3n) is 3.62. The number of nitrogens with zero attached hydrogens (tertiary/aromatic N) is 2. The van der Waals surface area contributed by atoms with Gasteiger partial charge in [-0.05, 0) is 11.1 Å². The fourth-order valence-electron chi connectivity index (χ4n) is 2.54. The number of rotatable bonds is 12. The average molecular weight is 308 g/mol. The molecule has 0 aliphatic rings. The molecule has 0 saturated carbocycles. The van der Waals surface area contributed by atoms with Gasteiger partial charge in [-0.3, -0.25) is 9.80 Å². The first-order valence-electron chi connectivity index (χ1n) is 8.06. The van der Waals surface area contributed by atoms with Crippen LogP contribution in [0.3, 0.4) is 0 Å². The van der Waals surface area contributed by atoms with Crippen LogP contribution in [-0.4, -0.2) is 62.2 Å². The zero-order valence-electron chi connectivity index (χ0n) is 13.6. The second-order valence-electron chi connectivity index (χ2n) is 5.52. The SMILES string of the molecule is NCCN(CCN)Cc1ccc(CN(CCN)CCN)cc1. The lowest BCUT2D eigenvalue weighted by atomic mass is 10.1. The summed E-state index contributed by atoms with van der Waals surface area (Å²) in [6.07, 6.45) is 0. The topological polar surface area (TPSA) is 111 Å². The Hall–Kier alpha value is -1.02. The molecule has 0 atom stereocenters. The highest BCUT2D eigenvalue weighted by molar-refractivity contribution is 5.22. The molecule has 0 aliphatic heterocycles. The van der Waals surface area contributed by atoms with Gasteiger partial charge in [0, 0.05) is 65.4 Å². The van der Waals surface area contributed by atoms with Gasteiger partial charge in [0.05, 0.1) is 0 Å². The number of nitrogens with two attached hydrogens (primary N) is 4. The Kier molecular flexibility index (Phi) is 9.98. The van der Waals surface area contributed by atoms with Gasteiger partial charge in [-0.15, -0.1) is 0 Å². The average Bonchev–Trinajstić information content (AvgIpc) is 2.50. The molecule has 8 N–H and O–H groups in total. The number of benzene rings is 1. The Morgan fingerprint density at radius 1 is 0.545 bits per heavy atom. The first kappa shape index (κ1) is 19.0. The summed E-state index contributed by atoms with van der Waals surface area (Å²) in [5.41, 5.74) is 25.1. The van der Waals surface area contributed by atoms with Crippen molar-refractivity contribution in [1.82, 2.24) is 9.80 Å². The molecule has 6 heteroatoms. The maximum atomic E-state index is 5.64. The maximum absolute atomic E-state index is 5.64. The summed E-state index contributed by atoms with van der Waals surface area (Å²) in [5.74, 6) is 0. The third-order valence-corrected chi connectivity index (χ3v) is 3.62. The van der Waals surface area contributed by atoms with Crippen LogP contribution in [0.15, 0.2) is 24.3 Å². The largest absolute Gasteiger partial charge is 0.329 e. The molecule has 0 radical (unpaired) electrons. The molecule has 22 heavy (non-hydrogen) atoms. The van der Waals surface area contributed by atoms with Gasteiger partial charge in [0.1, 0.15) is 0 Å². The molecule has 0 fully saturated rings. The van der Waals surface area contributed by atoms with Crippen LogP contribution in [-0.2, 0) is 13.1 Å². The Morgan fingerprint density at radius 3 is 1.05 bits per heavy atom. The van der Waals surface area contributed by atoms with Crippen molar-refractivity contribution >= 4 is 0 Å². The summed E-state index contributed by atoms with van der Waals surface area (Å²) in [5, 5.41) is 0. The maximum Gasteiger partial charge on any atom is 0.0234 e. The molecule has 0 saturated heterocycles. The van der Waals surface area contributed by atoms with E-state index in [2.05, 4.69) is 34.1 Å². The van der Waals surface area contributed by atoms with Crippen LogP contribution in [0.25, 0.3) is 0 Å². The summed E-state index contributed by atoms with van der Waals surface area (Å²) < 4.78 is 0. The molecule has 6 nitrogen and oxygen atoms in total. The van der Waals surface area contributed by atoms with Gasteiger partial charge < -0.3 is 22.9 Å². The van der Waals surface area contributed by atoms with Crippen LogP contribution in [0.1, 0.15) is 11.1 Å². The first-order valence-corrected chi connectivity index (χ1v) is 8.06. The van der Waals surface area contributed by atoms with E-state index in [-0.39, 0.29) is 0 Å². The monoisotopic (exact) mass is 308 g/mol. The number of hydrogen-bond acceptors (Lipinski definition) is 6. The van der Waals surface area contributed by atoms with Crippen molar-refractivity contribution in [2.45, 2.75) is 13.1 Å². The third kappa shape index (κ3) is 7.31. The van der Waals surface area contributed by atoms with E-state index >= 15 is 0 Å². The second kappa shape index (κ2) is 11.5. The van der Waals surface area contributed by atoms with E-state index in [1.54, 1.807) is 0 Å². The van der Waals surface area contributed by atoms with E-state index in [1.807, 2.05) is 0 Å². The fourth-order valence-corrected chi connectivity index (χ4v) is 2.54. The Bertz CT molecular complexity index is 332. The smallest absolute Gasteiger partial charge is 0.0234 e. The zero-order valence-corrected chi connectivity index (χ0v) is 13.6. The molecule has 126 valence electrons. The Morgan fingerprint density at radius 2 is 0.818 bits per heavy atom. The van der Waals surface area contributed by atoms with Crippen molar-refractivity contribution in [3.63, 3.8) is 0 Å². The normalized spacial score (nSPS) is 11.5. The Balaban J connectivity index is 2.57. The highest BCUT2D eigenvalue weighted by atomic mass is 15.1. The lowest BCUT2D eigenvalue weighted by molar-refractivity contribution is 0.278. The highest BCUT2D eigenvalue weighted by Crippen LogP contribution is 2.09. The van der Waals surface area contributed by atoms with Crippen LogP contribution < -0.4 is 22.9 Å². The van der Waals surface area contributed by atoms with Crippen LogP contribution in [0, 0.1) is 0 Å². The molecule has 0 spiro atoms. The minimum Gasteiger partial charge on any atom is -0.329 e. The van der Waals surface area contributed by atoms with Crippen LogP contribution in [0.2, 0.25) is 0 Å². The van der Waals surface area contributed by atoms with Crippen molar-refractivity contribution in [2.24, 2.45) is 22.9 Å². The van der Waals surface area contributed by atoms with Gasteiger partial charge in [-0.25, -0.2) is 0 Å². The molecule has 0 heterocycles. The number of hydrogen-bond donors (Lipinski definition) is 4. The van der Waals surface area contributed by atoms with E-state index in [0.717, 1.165) is 39.3 Å². The summed E-state index contributed by atoms with van der Waals surface area (Å²) in [6, 6.07) is 8.72. The van der Waals surface area contributed by atoms with Gasteiger partial charge in [0.15, 0.2) is 0 Å². The van der Waals surface area contributed by atoms with Crippen LogP contribution in [0.4, 0.5) is 0 Å². The Labute approximate surface area is 134 Å². The molecule has 0 amide bonds. The van der Waals surface area contributed by atoms with E-state index in [1.165, 1.54) is 11.1 Å². The molecule has 0 unspecified atom stereocenters. The van der Waals surface area contributed by atoms with Crippen molar-refractivity contribution in [3.05, 3.63) is 35.4 Å². The summed E-state index contributed by atoms with van der Waals surface area (Å²) in [6.45, 7) is 7.92. The van der Waals surface area contributed by atoms with E-state index < -0.39 is 0 Å².